The van der Waals surface area contributed by atoms with E-state index in [0.717, 1.165) is 50.3 Å². The summed E-state index contributed by atoms with van der Waals surface area (Å²) in [5, 5.41) is 3.75. The molecule has 2 aromatic rings. The van der Waals surface area contributed by atoms with Crippen LogP contribution in [-0.2, 0) is 10.1 Å². The largest absolute Gasteiger partial charge is 0.369 e. The van der Waals surface area contributed by atoms with Gasteiger partial charge >= 0.3 is 0 Å². The Morgan fingerprint density at radius 3 is 2.15 bits per heavy atom. The Labute approximate surface area is 220 Å². The molecule has 2 saturated heterocycles. The molecule has 8 nitrogen and oxygen atoms in total. The normalized spacial score (nSPS) is 19.7. The Morgan fingerprint density at radius 2 is 1.71 bits per heavy atom. The van der Waals surface area contributed by atoms with Crippen LogP contribution in [0.25, 0.3) is 0 Å². The summed E-state index contributed by atoms with van der Waals surface area (Å²) in [5.41, 5.74) is 13.5. The third-order valence-corrected chi connectivity index (χ3v) is 6.28. The third-order valence-electron chi connectivity index (χ3n) is 5.19. The first-order chi connectivity index (χ1) is 15.1. The number of nitrogens with one attached hydrogen (secondary N) is 1. The molecular formula is C22H36Cl3N5O3S. The van der Waals surface area contributed by atoms with E-state index in [4.69, 9.17) is 27.6 Å². The molecule has 0 amide bonds. The van der Waals surface area contributed by atoms with Gasteiger partial charge in [0.2, 0.25) is 0 Å². The summed E-state index contributed by atoms with van der Waals surface area (Å²) >= 11 is 5.72. The maximum absolute atomic E-state index is 10.5. The van der Waals surface area contributed by atoms with Crippen molar-refractivity contribution < 1.29 is 13.0 Å². The van der Waals surface area contributed by atoms with Crippen molar-refractivity contribution in [2.75, 3.05) is 31.1 Å². The van der Waals surface area contributed by atoms with Crippen LogP contribution < -0.4 is 21.7 Å². The average molecular weight is 557 g/mol. The summed E-state index contributed by atoms with van der Waals surface area (Å²) in [6.45, 7) is 6.00. The topological polar surface area (TPSA) is 135 Å². The molecule has 12 heteroatoms. The van der Waals surface area contributed by atoms with Gasteiger partial charge in [-0.25, -0.2) is 4.98 Å². The number of piperidine rings is 2. The highest BCUT2D eigenvalue weighted by Gasteiger charge is 2.16. The number of hydrogen-bond donors (Lipinski definition) is 4. The van der Waals surface area contributed by atoms with Gasteiger partial charge in [0.15, 0.2) is 0 Å². The van der Waals surface area contributed by atoms with Crippen LogP contribution in [-0.4, -0.2) is 56.2 Å². The van der Waals surface area contributed by atoms with Gasteiger partial charge in [0.05, 0.1) is 16.8 Å². The van der Waals surface area contributed by atoms with Crippen molar-refractivity contribution in [2.24, 2.45) is 11.5 Å². The number of rotatable bonds is 2. The first-order valence-electron chi connectivity index (χ1n) is 10.8. The predicted octanol–water partition coefficient (Wildman–Crippen LogP) is 3.44. The third kappa shape index (κ3) is 12.5. The number of aromatic nitrogens is 1. The van der Waals surface area contributed by atoms with Crippen molar-refractivity contribution >= 4 is 52.2 Å². The molecule has 1 aromatic carbocycles. The average Bonchev–Trinajstić information content (AvgIpc) is 2.75. The molecule has 4 rings (SSSR count). The zero-order valence-electron chi connectivity index (χ0n) is 19.3. The minimum Gasteiger partial charge on any atom is -0.369 e. The van der Waals surface area contributed by atoms with Crippen molar-refractivity contribution in [2.45, 2.75) is 49.6 Å². The monoisotopic (exact) mass is 555 g/mol. The molecule has 3 heterocycles. The lowest BCUT2D eigenvalue weighted by molar-refractivity contribution is 0.459. The van der Waals surface area contributed by atoms with Gasteiger partial charge in [0.1, 0.15) is 5.15 Å². The summed E-state index contributed by atoms with van der Waals surface area (Å²) in [7, 11) is -4.02. The van der Waals surface area contributed by atoms with Crippen LogP contribution >= 0.6 is 36.4 Å². The van der Waals surface area contributed by atoms with Gasteiger partial charge in [0.25, 0.3) is 10.1 Å². The van der Waals surface area contributed by atoms with Crippen LogP contribution in [0.1, 0.15) is 31.2 Å². The Kier molecular flexibility index (Phi) is 15.9. The van der Waals surface area contributed by atoms with Gasteiger partial charge in [-0.15, -0.1) is 24.8 Å². The van der Waals surface area contributed by atoms with E-state index in [0.29, 0.717) is 17.2 Å². The molecule has 2 atom stereocenters. The second-order valence-corrected chi connectivity index (χ2v) is 9.89. The van der Waals surface area contributed by atoms with Gasteiger partial charge in [-0.3, -0.25) is 4.55 Å². The first kappa shape index (κ1) is 32.8. The molecule has 194 valence electrons. The summed E-state index contributed by atoms with van der Waals surface area (Å²) in [6, 6.07) is 10.5. The summed E-state index contributed by atoms with van der Waals surface area (Å²) in [4.78, 5) is 6.26. The Balaban J connectivity index is 0.000000491. The van der Waals surface area contributed by atoms with Crippen molar-refractivity contribution in [1.82, 2.24) is 10.3 Å². The quantitative estimate of drug-likeness (QED) is 0.326. The molecule has 0 radical (unpaired) electrons. The van der Waals surface area contributed by atoms with Gasteiger partial charge in [0, 0.05) is 31.7 Å². The molecular weight excluding hydrogens is 521 g/mol. The van der Waals surface area contributed by atoms with Crippen molar-refractivity contribution in [3.63, 3.8) is 0 Å². The number of nitrogens with two attached hydrogens (primary N) is 2. The molecule has 2 fully saturated rings. The number of pyridine rings is 1. The molecule has 0 bridgehead atoms. The van der Waals surface area contributed by atoms with Crippen LogP contribution in [0.4, 0.5) is 5.69 Å². The Morgan fingerprint density at radius 1 is 1.06 bits per heavy atom. The van der Waals surface area contributed by atoms with E-state index in [1.165, 1.54) is 25.0 Å². The fourth-order valence-electron chi connectivity index (χ4n) is 3.39. The Bertz CT molecular complexity index is 912. The molecule has 2 aliphatic heterocycles. The van der Waals surface area contributed by atoms with Gasteiger partial charge in [-0.1, -0.05) is 29.3 Å². The SMILES string of the molecule is Cc1ccc(S(=O)(=O)O)cc1.Cl.Cl.NC1CCCN(c2ccc(Cl)nc2)C1.NC1CCCNC1. The van der Waals surface area contributed by atoms with Gasteiger partial charge in [-0.05, 0) is 63.4 Å². The Hall–Kier alpha value is -1.17. The number of anilines is 1. The molecule has 1 aromatic heterocycles. The van der Waals surface area contributed by atoms with E-state index >= 15 is 0 Å². The van der Waals surface area contributed by atoms with E-state index in [9.17, 15) is 8.42 Å². The van der Waals surface area contributed by atoms with Crippen LogP contribution in [0.3, 0.4) is 0 Å². The number of nitrogens with zero attached hydrogens (tertiary/aromatic N) is 2. The first-order valence-corrected chi connectivity index (χ1v) is 12.6. The lowest BCUT2D eigenvalue weighted by Gasteiger charge is -2.32. The maximum atomic E-state index is 10.5. The van der Waals surface area contributed by atoms with Crippen LogP contribution in [0.5, 0.6) is 0 Å². The zero-order chi connectivity index (χ0) is 23.6. The molecule has 2 unspecified atom stereocenters. The summed E-state index contributed by atoms with van der Waals surface area (Å²) < 4.78 is 29.6. The minimum atomic E-state index is -4.02. The van der Waals surface area contributed by atoms with E-state index < -0.39 is 10.1 Å². The fraction of sp³-hybridized carbons (Fsp3) is 0.500. The molecule has 0 aliphatic carbocycles. The summed E-state index contributed by atoms with van der Waals surface area (Å²) in [5.74, 6) is 0. The van der Waals surface area contributed by atoms with Crippen LogP contribution in [0.2, 0.25) is 5.15 Å². The van der Waals surface area contributed by atoms with Crippen LogP contribution in [0, 0.1) is 6.92 Å². The van der Waals surface area contributed by atoms with Crippen molar-refractivity contribution in [1.29, 1.82) is 0 Å². The number of hydrogen-bond acceptors (Lipinski definition) is 7. The number of benzene rings is 1. The maximum Gasteiger partial charge on any atom is 0.294 e. The van der Waals surface area contributed by atoms with E-state index in [1.807, 2.05) is 19.1 Å². The van der Waals surface area contributed by atoms with Crippen LogP contribution in [0.15, 0.2) is 47.5 Å². The number of aryl methyl sites for hydroxylation is 1. The van der Waals surface area contributed by atoms with Gasteiger partial charge < -0.3 is 21.7 Å². The van der Waals surface area contributed by atoms with E-state index in [1.54, 1.807) is 18.3 Å². The standard InChI is InChI=1S/C10H14ClN3.C7H8O3S.C5H12N2.2ClH/c11-10-4-3-9(6-13-10)14-5-1-2-8(12)7-14;1-6-2-4-7(5-3-6)11(8,9)10;6-5-2-1-3-7-4-5;;/h3-4,6,8H,1-2,5,7,12H2;2-5H,1H3,(H,8,9,10);5,7H,1-4,6H2;2*1H. The highest BCUT2D eigenvalue weighted by atomic mass is 35.5. The molecule has 34 heavy (non-hydrogen) atoms. The van der Waals surface area contributed by atoms with Gasteiger partial charge in [-0.2, -0.15) is 8.42 Å². The van der Waals surface area contributed by atoms with E-state index in [-0.39, 0.29) is 29.7 Å². The number of halogens is 3. The summed E-state index contributed by atoms with van der Waals surface area (Å²) in [6.07, 6.45) is 6.54. The lowest BCUT2D eigenvalue weighted by Crippen LogP contribution is -2.42. The highest BCUT2D eigenvalue weighted by molar-refractivity contribution is 7.85. The molecule has 6 N–H and O–H groups in total. The minimum absolute atomic E-state index is 0. The van der Waals surface area contributed by atoms with Crippen molar-refractivity contribution in [3.8, 4) is 0 Å². The highest BCUT2D eigenvalue weighted by Crippen LogP contribution is 2.19. The molecule has 2 aliphatic rings. The van der Waals surface area contributed by atoms with E-state index in [2.05, 4.69) is 15.2 Å². The second kappa shape index (κ2) is 16.5. The molecule has 0 saturated carbocycles. The zero-order valence-corrected chi connectivity index (χ0v) is 22.5. The smallest absolute Gasteiger partial charge is 0.294 e. The fourth-order valence-corrected chi connectivity index (χ4v) is 3.98. The predicted molar refractivity (Wildman–Crippen MR) is 144 cm³/mol. The second-order valence-electron chi connectivity index (χ2n) is 8.08. The van der Waals surface area contributed by atoms with Crippen molar-refractivity contribution in [3.05, 3.63) is 53.3 Å². The molecule has 0 spiro atoms. The lowest BCUT2D eigenvalue weighted by atomic mass is 10.1.